The second-order valence-electron chi connectivity index (χ2n) is 2.51. The second-order valence-corrected chi connectivity index (χ2v) is 2.51. The number of carbonyl (C=O) groups excluding carboxylic acids is 1. The van der Waals surface area contributed by atoms with Crippen molar-refractivity contribution in [1.82, 2.24) is 0 Å². The number of aliphatic hydroxyl groups excluding tert-OH is 3. The first-order chi connectivity index (χ1) is 4.96. The summed E-state index contributed by atoms with van der Waals surface area (Å²) >= 11 is 0. The SMILES string of the molecule is C[C@](O)([C@H](O)CO)[C@@H](O)C=O. The molecule has 0 amide bonds. The Labute approximate surface area is 63.9 Å². The van der Waals surface area contributed by atoms with Gasteiger partial charge in [-0.05, 0) is 6.92 Å². The molecule has 5 nitrogen and oxygen atoms in total. The van der Waals surface area contributed by atoms with Crippen molar-refractivity contribution < 1.29 is 25.2 Å². The van der Waals surface area contributed by atoms with Crippen LogP contribution >= 0.6 is 0 Å². The fourth-order valence-electron chi connectivity index (χ4n) is 0.520. The fraction of sp³-hybridized carbons (Fsp3) is 0.833. The molecule has 0 radical (unpaired) electrons. The molecule has 0 bridgehead atoms. The van der Waals surface area contributed by atoms with Gasteiger partial charge in [0.05, 0.1) is 6.61 Å². The average Bonchev–Trinajstić information content (AvgIpc) is 2.01. The lowest BCUT2D eigenvalue weighted by molar-refractivity contribution is -0.155. The third-order valence-electron chi connectivity index (χ3n) is 1.58. The summed E-state index contributed by atoms with van der Waals surface area (Å²) in [6.45, 7) is 0.352. The standard InChI is InChI=1S/C6H12O5/c1-6(11,4(9)2-7)5(10)3-8/h2,4-5,8-11H,3H2,1H3/t4-,5+,6+/m0/s1. The van der Waals surface area contributed by atoms with E-state index in [1.165, 1.54) is 0 Å². The van der Waals surface area contributed by atoms with Gasteiger partial charge in [0, 0.05) is 0 Å². The molecule has 0 aromatic rings. The van der Waals surface area contributed by atoms with Gasteiger partial charge in [-0.15, -0.1) is 0 Å². The van der Waals surface area contributed by atoms with E-state index in [4.69, 9.17) is 20.4 Å². The van der Waals surface area contributed by atoms with E-state index >= 15 is 0 Å². The second kappa shape index (κ2) is 3.77. The van der Waals surface area contributed by atoms with Gasteiger partial charge in [0.25, 0.3) is 0 Å². The van der Waals surface area contributed by atoms with Gasteiger partial charge in [0.15, 0.2) is 6.29 Å². The summed E-state index contributed by atoms with van der Waals surface area (Å²) in [6, 6.07) is 0. The third kappa shape index (κ3) is 2.23. The van der Waals surface area contributed by atoms with Crippen molar-refractivity contribution in [3.8, 4) is 0 Å². The van der Waals surface area contributed by atoms with Crippen LogP contribution in [0.25, 0.3) is 0 Å². The molecule has 0 aliphatic rings. The van der Waals surface area contributed by atoms with Crippen molar-refractivity contribution in [3.05, 3.63) is 0 Å². The van der Waals surface area contributed by atoms with Crippen molar-refractivity contribution in [2.75, 3.05) is 6.61 Å². The van der Waals surface area contributed by atoms with Crippen molar-refractivity contribution in [2.24, 2.45) is 0 Å². The number of rotatable bonds is 4. The van der Waals surface area contributed by atoms with Crippen molar-refractivity contribution in [1.29, 1.82) is 0 Å². The van der Waals surface area contributed by atoms with E-state index in [1.54, 1.807) is 0 Å². The molecule has 0 unspecified atom stereocenters. The molecule has 11 heavy (non-hydrogen) atoms. The molecule has 0 saturated carbocycles. The van der Waals surface area contributed by atoms with E-state index in [1.807, 2.05) is 0 Å². The van der Waals surface area contributed by atoms with Gasteiger partial charge < -0.3 is 25.2 Å². The summed E-state index contributed by atoms with van der Waals surface area (Å²) in [5.74, 6) is 0. The summed E-state index contributed by atoms with van der Waals surface area (Å²) in [6.07, 6.45) is -3.12. The molecule has 0 spiro atoms. The number of aliphatic hydroxyl groups is 4. The highest BCUT2D eigenvalue weighted by atomic mass is 16.4. The van der Waals surface area contributed by atoms with Crippen LogP contribution in [0.3, 0.4) is 0 Å². The van der Waals surface area contributed by atoms with Crippen LogP contribution in [-0.4, -0.2) is 51.1 Å². The Morgan fingerprint density at radius 3 is 2.27 bits per heavy atom. The van der Waals surface area contributed by atoms with Crippen LogP contribution < -0.4 is 0 Å². The van der Waals surface area contributed by atoms with E-state index in [0.717, 1.165) is 6.92 Å². The molecule has 0 aromatic heterocycles. The number of hydrogen-bond acceptors (Lipinski definition) is 5. The van der Waals surface area contributed by atoms with Crippen LogP contribution in [0, 0.1) is 0 Å². The van der Waals surface area contributed by atoms with Gasteiger partial charge in [-0.1, -0.05) is 0 Å². The van der Waals surface area contributed by atoms with Crippen LogP contribution in [-0.2, 0) is 4.79 Å². The lowest BCUT2D eigenvalue weighted by Gasteiger charge is -2.29. The third-order valence-corrected chi connectivity index (χ3v) is 1.58. The van der Waals surface area contributed by atoms with Gasteiger partial charge >= 0.3 is 0 Å². The smallest absolute Gasteiger partial charge is 0.151 e. The first-order valence-corrected chi connectivity index (χ1v) is 3.11. The van der Waals surface area contributed by atoms with Gasteiger partial charge in [-0.25, -0.2) is 0 Å². The van der Waals surface area contributed by atoms with Crippen LogP contribution in [0.2, 0.25) is 0 Å². The maximum absolute atomic E-state index is 9.97. The Bertz CT molecular complexity index is 133. The highest BCUT2D eigenvalue weighted by molar-refractivity contribution is 5.58. The molecular weight excluding hydrogens is 152 g/mol. The van der Waals surface area contributed by atoms with Gasteiger partial charge in [-0.3, -0.25) is 0 Å². The predicted octanol–water partition coefficient (Wildman–Crippen LogP) is -2.35. The quantitative estimate of drug-likeness (QED) is 0.349. The van der Waals surface area contributed by atoms with E-state index in [2.05, 4.69) is 0 Å². The van der Waals surface area contributed by atoms with Gasteiger partial charge in [-0.2, -0.15) is 0 Å². The average molecular weight is 164 g/mol. The zero-order chi connectivity index (χ0) is 9.07. The van der Waals surface area contributed by atoms with E-state index < -0.39 is 24.4 Å². The number of hydrogen-bond donors (Lipinski definition) is 4. The Balaban J connectivity index is 4.29. The number of aldehydes is 1. The molecule has 0 fully saturated rings. The van der Waals surface area contributed by atoms with Crippen LogP contribution in [0.15, 0.2) is 0 Å². The lowest BCUT2D eigenvalue weighted by Crippen LogP contribution is -2.51. The maximum atomic E-state index is 9.97. The van der Waals surface area contributed by atoms with E-state index in [0.29, 0.717) is 0 Å². The zero-order valence-electron chi connectivity index (χ0n) is 6.14. The maximum Gasteiger partial charge on any atom is 0.151 e. The van der Waals surface area contributed by atoms with Gasteiger partial charge in [0.2, 0.25) is 0 Å². The minimum atomic E-state index is -1.99. The number of carbonyl (C=O) groups is 1. The minimum Gasteiger partial charge on any atom is -0.394 e. The van der Waals surface area contributed by atoms with Crippen molar-refractivity contribution >= 4 is 6.29 Å². The summed E-state index contributed by atoms with van der Waals surface area (Å²) in [4.78, 5) is 9.97. The molecule has 0 aromatic carbocycles. The molecule has 0 heterocycles. The van der Waals surface area contributed by atoms with E-state index in [9.17, 15) is 4.79 Å². The zero-order valence-corrected chi connectivity index (χ0v) is 6.14. The highest BCUT2D eigenvalue weighted by Gasteiger charge is 2.37. The molecular formula is C6H12O5. The fourth-order valence-corrected chi connectivity index (χ4v) is 0.520. The molecule has 0 aliphatic heterocycles. The molecule has 3 atom stereocenters. The van der Waals surface area contributed by atoms with Crippen molar-refractivity contribution in [3.63, 3.8) is 0 Å². The highest BCUT2D eigenvalue weighted by Crippen LogP contribution is 2.13. The van der Waals surface area contributed by atoms with Crippen LogP contribution in [0.1, 0.15) is 6.92 Å². The first-order valence-electron chi connectivity index (χ1n) is 3.11. The van der Waals surface area contributed by atoms with Crippen molar-refractivity contribution in [2.45, 2.75) is 24.7 Å². The summed E-state index contributed by atoms with van der Waals surface area (Å²) < 4.78 is 0. The predicted molar refractivity (Wildman–Crippen MR) is 35.8 cm³/mol. The Morgan fingerprint density at radius 2 is 2.00 bits per heavy atom. The van der Waals surface area contributed by atoms with Crippen LogP contribution in [0.5, 0.6) is 0 Å². The molecule has 5 heteroatoms. The van der Waals surface area contributed by atoms with Crippen LogP contribution in [0.4, 0.5) is 0 Å². The Kier molecular flexibility index (Phi) is 3.61. The summed E-state index contributed by atoms with van der Waals surface area (Å²) in [5.41, 5.74) is -1.99. The molecule has 66 valence electrons. The summed E-state index contributed by atoms with van der Waals surface area (Å²) in [7, 11) is 0. The minimum absolute atomic E-state index is 0.0961. The topological polar surface area (TPSA) is 98.0 Å². The molecule has 0 aliphatic carbocycles. The normalized spacial score (nSPS) is 21.9. The lowest BCUT2D eigenvalue weighted by atomic mass is 9.94. The molecule has 0 saturated heterocycles. The van der Waals surface area contributed by atoms with E-state index in [-0.39, 0.29) is 6.29 Å². The summed E-state index contributed by atoms with van der Waals surface area (Å²) in [5, 5.41) is 35.2. The molecule has 0 rings (SSSR count). The largest absolute Gasteiger partial charge is 0.394 e. The molecule has 4 N–H and O–H groups in total. The Hall–Kier alpha value is -0.490. The monoisotopic (exact) mass is 164 g/mol. The van der Waals surface area contributed by atoms with Gasteiger partial charge in [0.1, 0.15) is 17.8 Å². The Morgan fingerprint density at radius 1 is 1.55 bits per heavy atom. The first kappa shape index (κ1) is 10.5.